The first-order chi connectivity index (χ1) is 35.5. The van der Waals surface area contributed by atoms with E-state index < -0.39 is 6.10 Å². The lowest BCUT2D eigenvalue weighted by Gasteiger charge is -2.18. The molecule has 72 heavy (non-hydrogen) atoms. The third-order valence-corrected chi connectivity index (χ3v) is 12.8. The van der Waals surface area contributed by atoms with Crippen LogP contribution in [0.2, 0.25) is 0 Å². The van der Waals surface area contributed by atoms with E-state index >= 15 is 0 Å². The van der Waals surface area contributed by atoms with Crippen molar-refractivity contribution in [1.29, 1.82) is 0 Å². The predicted octanol–water partition coefficient (Wildman–Crippen LogP) is 20.5. The second-order valence-corrected chi connectivity index (χ2v) is 19.9. The molecular weight excluding hydrogens is 889 g/mol. The maximum absolute atomic E-state index is 12.9. The van der Waals surface area contributed by atoms with Crippen molar-refractivity contribution in [2.24, 2.45) is 0 Å². The van der Waals surface area contributed by atoms with E-state index in [4.69, 9.17) is 14.2 Å². The van der Waals surface area contributed by atoms with Crippen molar-refractivity contribution in [3.63, 3.8) is 0 Å². The fourth-order valence-electron chi connectivity index (χ4n) is 8.26. The van der Waals surface area contributed by atoms with Crippen LogP contribution in [0, 0.1) is 0 Å². The van der Waals surface area contributed by atoms with E-state index in [2.05, 4.69) is 118 Å². The van der Waals surface area contributed by atoms with Gasteiger partial charge in [-0.25, -0.2) is 0 Å². The van der Waals surface area contributed by atoms with Gasteiger partial charge in [0, 0.05) is 19.3 Å². The molecule has 0 aromatic heterocycles. The maximum atomic E-state index is 12.9. The highest BCUT2D eigenvalue weighted by molar-refractivity contribution is 5.71. The van der Waals surface area contributed by atoms with Gasteiger partial charge in [-0.2, -0.15) is 0 Å². The van der Waals surface area contributed by atoms with E-state index in [1.165, 1.54) is 116 Å². The predicted molar refractivity (Wildman–Crippen MR) is 311 cm³/mol. The second kappa shape index (κ2) is 59.9. The summed E-state index contributed by atoms with van der Waals surface area (Å²) in [4.78, 5) is 38.3. The number of hydrogen-bond donors (Lipinski definition) is 0. The van der Waals surface area contributed by atoms with Crippen LogP contribution in [0.5, 0.6) is 0 Å². The average Bonchev–Trinajstić information content (AvgIpc) is 3.38. The highest BCUT2D eigenvalue weighted by Crippen LogP contribution is 2.15. The molecule has 0 bridgehead atoms. The van der Waals surface area contributed by atoms with Gasteiger partial charge in [-0.15, -0.1) is 0 Å². The standard InChI is InChI=1S/C66H112O6/c1-4-7-10-13-16-19-22-25-28-30-32-33-34-36-38-41-44-47-50-53-56-59-65(68)71-62-63(61-70-64(67)58-55-52-49-46-43-40-37-27-24-21-18-15-12-9-6-3)72-66(69)60-57-54-51-48-45-42-39-35-31-29-26-23-20-17-14-11-8-5-2/h7,10,16,18-21,23,25,27-29,31-33,37,63H,4-6,8-9,11-15,17,22,24,26,30,34-36,38-62H2,1-3H3/b10-7-,19-16-,21-18-,23-20-,28-25-,31-29-,33-32-,37-27-. The number of esters is 3. The van der Waals surface area contributed by atoms with Crippen LogP contribution in [0.3, 0.4) is 0 Å². The fourth-order valence-corrected chi connectivity index (χ4v) is 8.26. The summed E-state index contributed by atoms with van der Waals surface area (Å²) >= 11 is 0. The normalized spacial score (nSPS) is 12.8. The lowest BCUT2D eigenvalue weighted by atomic mass is 10.1. The Balaban J connectivity index is 4.42. The first kappa shape index (κ1) is 68.3. The molecule has 412 valence electrons. The summed E-state index contributed by atoms with van der Waals surface area (Å²) in [7, 11) is 0. The number of unbranched alkanes of at least 4 members (excludes halogenated alkanes) is 27. The van der Waals surface area contributed by atoms with Crippen molar-refractivity contribution in [2.45, 2.75) is 290 Å². The summed E-state index contributed by atoms with van der Waals surface area (Å²) in [6, 6.07) is 0. The summed E-state index contributed by atoms with van der Waals surface area (Å²) in [6.07, 6.45) is 79.6. The monoisotopic (exact) mass is 1000 g/mol. The number of ether oxygens (including phenoxy) is 3. The second-order valence-electron chi connectivity index (χ2n) is 19.9. The highest BCUT2D eigenvalue weighted by atomic mass is 16.6. The highest BCUT2D eigenvalue weighted by Gasteiger charge is 2.19. The summed E-state index contributed by atoms with van der Waals surface area (Å²) < 4.78 is 16.9. The molecule has 0 aliphatic rings. The third kappa shape index (κ3) is 57.2. The minimum atomic E-state index is -0.793. The van der Waals surface area contributed by atoms with Crippen LogP contribution < -0.4 is 0 Å². The van der Waals surface area contributed by atoms with Crippen LogP contribution in [-0.4, -0.2) is 37.2 Å². The molecule has 0 radical (unpaired) electrons. The van der Waals surface area contributed by atoms with Gasteiger partial charge in [0.1, 0.15) is 13.2 Å². The zero-order chi connectivity index (χ0) is 52.2. The van der Waals surface area contributed by atoms with Crippen molar-refractivity contribution in [2.75, 3.05) is 13.2 Å². The summed E-state index contributed by atoms with van der Waals surface area (Å²) in [5.41, 5.74) is 0. The van der Waals surface area contributed by atoms with E-state index in [9.17, 15) is 14.4 Å². The van der Waals surface area contributed by atoms with E-state index in [0.717, 1.165) is 128 Å². The smallest absolute Gasteiger partial charge is 0.306 e. The van der Waals surface area contributed by atoms with Crippen molar-refractivity contribution >= 4 is 17.9 Å². The van der Waals surface area contributed by atoms with E-state index in [1.807, 2.05) is 0 Å². The molecule has 0 saturated heterocycles. The molecule has 1 unspecified atom stereocenters. The molecule has 0 N–H and O–H groups in total. The molecule has 0 aromatic carbocycles. The Labute approximate surface area is 445 Å². The molecule has 0 spiro atoms. The van der Waals surface area contributed by atoms with Crippen LogP contribution in [-0.2, 0) is 28.6 Å². The van der Waals surface area contributed by atoms with Crippen LogP contribution in [0.4, 0.5) is 0 Å². The lowest BCUT2D eigenvalue weighted by Crippen LogP contribution is -2.30. The van der Waals surface area contributed by atoms with Gasteiger partial charge in [0.25, 0.3) is 0 Å². The largest absolute Gasteiger partial charge is 0.462 e. The fraction of sp³-hybridized carbons (Fsp3) is 0.712. The Kier molecular flexibility index (Phi) is 56.8. The molecule has 6 heteroatoms. The minimum absolute atomic E-state index is 0.0898. The van der Waals surface area contributed by atoms with Crippen molar-refractivity contribution in [3.05, 3.63) is 97.2 Å². The molecule has 0 amide bonds. The number of rotatable bonds is 54. The van der Waals surface area contributed by atoms with Crippen molar-refractivity contribution < 1.29 is 28.6 Å². The molecule has 0 aromatic rings. The first-order valence-corrected chi connectivity index (χ1v) is 30.2. The zero-order valence-electron chi connectivity index (χ0n) is 47.2. The SMILES string of the molecule is CC/C=C\C/C=C\C/C=C\C/C=C\CCCCCCCCCCC(=O)OCC(COC(=O)CCCCCCC/C=C\C/C=C\CCCCC)OC(=O)CCCCCCCCC/C=C\C/C=C\CCCCCC. The zero-order valence-corrected chi connectivity index (χ0v) is 47.2. The van der Waals surface area contributed by atoms with Crippen LogP contribution in [0.1, 0.15) is 284 Å². The number of carbonyl (C=O) groups is 3. The molecule has 1 atom stereocenters. The molecular formula is C66H112O6. The van der Waals surface area contributed by atoms with Crippen LogP contribution in [0.25, 0.3) is 0 Å². The van der Waals surface area contributed by atoms with Gasteiger partial charge in [-0.05, 0) is 122 Å². The Morgan fingerprint density at radius 1 is 0.292 bits per heavy atom. The van der Waals surface area contributed by atoms with Gasteiger partial charge in [-0.3, -0.25) is 14.4 Å². The minimum Gasteiger partial charge on any atom is -0.462 e. The maximum Gasteiger partial charge on any atom is 0.306 e. The molecule has 0 rings (SSSR count). The number of carbonyl (C=O) groups excluding carboxylic acids is 3. The third-order valence-electron chi connectivity index (χ3n) is 12.8. The van der Waals surface area contributed by atoms with E-state index in [0.29, 0.717) is 19.3 Å². The Hall–Kier alpha value is -3.67. The van der Waals surface area contributed by atoms with E-state index in [1.54, 1.807) is 0 Å². The molecule has 0 fully saturated rings. The van der Waals surface area contributed by atoms with Gasteiger partial charge < -0.3 is 14.2 Å². The van der Waals surface area contributed by atoms with Gasteiger partial charge in [0.15, 0.2) is 6.10 Å². The Bertz CT molecular complexity index is 1430. The van der Waals surface area contributed by atoms with Crippen LogP contribution in [0.15, 0.2) is 97.2 Å². The number of allylic oxidation sites excluding steroid dienone is 16. The Morgan fingerprint density at radius 3 is 0.875 bits per heavy atom. The summed E-state index contributed by atoms with van der Waals surface area (Å²) in [5.74, 6) is -0.913. The number of hydrogen-bond acceptors (Lipinski definition) is 6. The van der Waals surface area contributed by atoms with Gasteiger partial charge >= 0.3 is 17.9 Å². The van der Waals surface area contributed by atoms with Crippen molar-refractivity contribution in [1.82, 2.24) is 0 Å². The average molecular weight is 1000 g/mol. The topological polar surface area (TPSA) is 78.9 Å². The summed E-state index contributed by atoms with van der Waals surface area (Å²) in [5, 5.41) is 0. The molecule has 6 nitrogen and oxygen atoms in total. The van der Waals surface area contributed by atoms with E-state index in [-0.39, 0.29) is 31.1 Å². The molecule has 0 saturated carbocycles. The molecule has 0 heterocycles. The Morgan fingerprint density at radius 2 is 0.542 bits per heavy atom. The van der Waals surface area contributed by atoms with Gasteiger partial charge in [0.2, 0.25) is 0 Å². The lowest BCUT2D eigenvalue weighted by molar-refractivity contribution is -0.167. The molecule has 0 aliphatic carbocycles. The van der Waals surface area contributed by atoms with Gasteiger partial charge in [-0.1, -0.05) is 240 Å². The molecule has 0 aliphatic heterocycles. The van der Waals surface area contributed by atoms with Gasteiger partial charge in [0.05, 0.1) is 0 Å². The summed E-state index contributed by atoms with van der Waals surface area (Å²) in [6.45, 7) is 6.48. The first-order valence-electron chi connectivity index (χ1n) is 30.2. The van der Waals surface area contributed by atoms with Crippen molar-refractivity contribution in [3.8, 4) is 0 Å². The van der Waals surface area contributed by atoms with Crippen LogP contribution >= 0.6 is 0 Å². The quantitative estimate of drug-likeness (QED) is 0.0261.